The quantitative estimate of drug-likeness (QED) is 0.683. The normalized spacial score (nSPS) is 14.6. The number of nitrogens with one attached hydrogen (secondary N) is 1. The molecule has 112 valence electrons. The van der Waals surface area contributed by atoms with Crippen LogP contribution in [0.3, 0.4) is 0 Å². The van der Waals surface area contributed by atoms with Crippen molar-refractivity contribution in [2.75, 3.05) is 25.1 Å². The molecule has 0 bridgehead atoms. The fourth-order valence-corrected chi connectivity index (χ4v) is 2.37. The molecule has 4 heteroatoms. The van der Waals surface area contributed by atoms with Gasteiger partial charge in [-0.05, 0) is 55.9 Å². The van der Waals surface area contributed by atoms with E-state index >= 15 is 0 Å². The number of nitrogens with zero attached hydrogens (tertiary/aromatic N) is 1. The summed E-state index contributed by atoms with van der Waals surface area (Å²) in [4.78, 5) is 2.18. The third-order valence-electron chi connectivity index (χ3n) is 3.76. The van der Waals surface area contributed by atoms with Crippen LogP contribution in [0.15, 0.2) is 18.2 Å². The third kappa shape index (κ3) is 4.76. The Morgan fingerprint density at radius 1 is 1.30 bits per heavy atom. The van der Waals surface area contributed by atoms with E-state index in [1.54, 1.807) is 6.07 Å². The van der Waals surface area contributed by atoms with E-state index in [-0.39, 0.29) is 12.4 Å². The van der Waals surface area contributed by atoms with Gasteiger partial charge in [0.05, 0.1) is 0 Å². The molecule has 0 saturated heterocycles. The average Bonchev–Trinajstić information content (AvgIpc) is 3.25. The molecule has 0 radical (unpaired) electrons. The van der Waals surface area contributed by atoms with Gasteiger partial charge in [-0.15, -0.1) is 0 Å². The molecule has 2 N–H and O–H groups in total. The van der Waals surface area contributed by atoms with Crippen LogP contribution < -0.4 is 10.2 Å². The zero-order valence-corrected chi connectivity index (χ0v) is 12.2. The summed E-state index contributed by atoms with van der Waals surface area (Å²) in [5.74, 6) is -0.171. The topological polar surface area (TPSA) is 35.5 Å². The lowest BCUT2D eigenvalue weighted by atomic mass is 10.1. The Hall–Kier alpha value is -1.13. The lowest BCUT2D eigenvalue weighted by Gasteiger charge is -2.23. The highest BCUT2D eigenvalue weighted by molar-refractivity contribution is 5.53. The van der Waals surface area contributed by atoms with Crippen molar-refractivity contribution in [3.63, 3.8) is 0 Å². The summed E-state index contributed by atoms with van der Waals surface area (Å²) in [6.45, 7) is 1.93. The first-order valence-corrected chi connectivity index (χ1v) is 7.54. The lowest BCUT2D eigenvalue weighted by Crippen LogP contribution is -2.23. The van der Waals surface area contributed by atoms with Crippen LogP contribution in [0.4, 0.5) is 10.1 Å². The van der Waals surface area contributed by atoms with E-state index in [4.69, 9.17) is 5.11 Å². The predicted molar refractivity (Wildman–Crippen MR) is 80.5 cm³/mol. The Kier molecular flexibility index (Phi) is 5.80. The van der Waals surface area contributed by atoms with Crippen molar-refractivity contribution in [2.45, 2.75) is 44.7 Å². The molecule has 1 aromatic carbocycles. The fraction of sp³-hybridized carbons (Fsp3) is 0.625. The zero-order valence-electron chi connectivity index (χ0n) is 12.2. The van der Waals surface area contributed by atoms with Gasteiger partial charge in [0.25, 0.3) is 0 Å². The number of unbranched alkanes of at least 4 members (excludes halogenated alkanes) is 2. The molecule has 1 aliphatic rings. The van der Waals surface area contributed by atoms with Gasteiger partial charge in [0.2, 0.25) is 0 Å². The number of benzene rings is 1. The molecule has 0 atom stereocenters. The second-order valence-electron chi connectivity index (χ2n) is 5.63. The maximum absolute atomic E-state index is 13.4. The van der Waals surface area contributed by atoms with Crippen molar-refractivity contribution in [3.8, 4) is 0 Å². The number of hydrogen-bond acceptors (Lipinski definition) is 3. The number of halogens is 1. The van der Waals surface area contributed by atoms with Gasteiger partial charge >= 0.3 is 0 Å². The molecule has 0 heterocycles. The molecular weight excluding hydrogens is 255 g/mol. The van der Waals surface area contributed by atoms with Gasteiger partial charge in [-0.2, -0.15) is 0 Å². The van der Waals surface area contributed by atoms with Crippen LogP contribution in [0.25, 0.3) is 0 Å². The van der Waals surface area contributed by atoms with E-state index in [9.17, 15) is 4.39 Å². The van der Waals surface area contributed by atoms with Gasteiger partial charge in [0.15, 0.2) is 0 Å². The molecule has 20 heavy (non-hydrogen) atoms. The first kappa shape index (κ1) is 15.3. The van der Waals surface area contributed by atoms with Crippen LogP contribution in [-0.2, 0) is 6.54 Å². The molecule has 0 aliphatic heterocycles. The molecule has 3 nitrogen and oxygen atoms in total. The van der Waals surface area contributed by atoms with Crippen molar-refractivity contribution in [1.29, 1.82) is 0 Å². The van der Waals surface area contributed by atoms with Crippen molar-refractivity contribution in [2.24, 2.45) is 0 Å². The highest BCUT2D eigenvalue weighted by Crippen LogP contribution is 2.24. The molecular formula is C16H25FN2O. The third-order valence-corrected chi connectivity index (χ3v) is 3.76. The fourth-order valence-electron chi connectivity index (χ4n) is 2.37. The number of hydrogen-bond donors (Lipinski definition) is 2. The van der Waals surface area contributed by atoms with Gasteiger partial charge in [-0.3, -0.25) is 0 Å². The Morgan fingerprint density at radius 2 is 2.10 bits per heavy atom. The molecule has 0 amide bonds. The van der Waals surface area contributed by atoms with E-state index in [0.717, 1.165) is 43.6 Å². The summed E-state index contributed by atoms with van der Waals surface area (Å²) in [7, 11) is 2.05. The van der Waals surface area contributed by atoms with Gasteiger partial charge in [-0.25, -0.2) is 4.39 Å². The number of anilines is 1. The summed E-state index contributed by atoms with van der Waals surface area (Å²) in [6.07, 6.45) is 5.40. The Morgan fingerprint density at radius 3 is 2.80 bits per heavy atom. The standard InChI is InChI=1S/C16H25FN2O/c1-19(9-3-2-4-10-20)16-8-5-14(17)11-13(16)12-18-15-6-7-15/h5,8,11,15,18,20H,2-4,6-7,9-10,12H2,1H3. The largest absolute Gasteiger partial charge is 0.396 e. The second kappa shape index (κ2) is 7.60. The molecule has 1 aromatic rings. The first-order chi connectivity index (χ1) is 9.70. The smallest absolute Gasteiger partial charge is 0.123 e. The Labute approximate surface area is 120 Å². The van der Waals surface area contributed by atoms with E-state index in [1.807, 2.05) is 13.1 Å². The molecule has 1 aliphatic carbocycles. The van der Waals surface area contributed by atoms with Gasteiger partial charge in [-0.1, -0.05) is 0 Å². The Bertz CT molecular complexity index is 421. The van der Waals surface area contributed by atoms with E-state index < -0.39 is 0 Å². The average molecular weight is 280 g/mol. The predicted octanol–water partition coefficient (Wildman–Crippen LogP) is 2.68. The zero-order chi connectivity index (χ0) is 14.4. The van der Waals surface area contributed by atoms with Crippen LogP contribution in [0, 0.1) is 5.82 Å². The SMILES string of the molecule is CN(CCCCCO)c1ccc(F)cc1CNC1CC1. The van der Waals surface area contributed by atoms with Crippen LogP contribution >= 0.6 is 0 Å². The monoisotopic (exact) mass is 280 g/mol. The molecule has 0 aromatic heterocycles. The van der Waals surface area contributed by atoms with Crippen molar-refractivity contribution < 1.29 is 9.50 Å². The van der Waals surface area contributed by atoms with E-state index in [0.29, 0.717) is 6.04 Å². The molecule has 2 rings (SSSR count). The number of aliphatic hydroxyl groups excluding tert-OH is 1. The van der Waals surface area contributed by atoms with Gasteiger partial charge in [0, 0.05) is 38.5 Å². The number of rotatable bonds is 9. The van der Waals surface area contributed by atoms with Crippen molar-refractivity contribution in [1.82, 2.24) is 5.32 Å². The Balaban J connectivity index is 1.93. The van der Waals surface area contributed by atoms with Crippen LogP contribution in [0.5, 0.6) is 0 Å². The lowest BCUT2D eigenvalue weighted by molar-refractivity contribution is 0.283. The van der Waals surface area contributed by atoms with Gasteiger partial charge < -0.3 is 15.3 Å². The summed E-state index contributed by atoms with van der Waals surface area (Å²) in [6, 6.07) is 5.65. The minimum Gasteiger partial charge on any atom is -0.396 e. The van der Waals surface area contributed by atoms with E-state index in [1.165, 1.54) is 18.9 Å². The molecule has 0 spiro atoms. The number of aliphatic hydroxyl groups is 1. The van der Waals surface area contributed by atoms with Gasteiger partial charge in [0.1, 0.15) is 5.82 Å². The molecule has 0 unspecified atom stereocenters. The van der Waals surface area contributed by atoms with Crippen LogP contribution in [0.1, 0.15) is 37.7 Å². The maximum atomic E-state index is 13.4. The second-order valence-corrected chi connectivity index (χ2v) is 5.63. The minimum atomic E-state index is -0.171. The summed E-state index contributed by atoms with van der Waals surface area (Å²) < 4.78 is 13.4. The minimum absolute atomic E-state index is 0.171. The highest BCUT2D eigenvalue weighted by atomic mass is 19.1. The summed E-state index contributed by atoms with van der Waals surface area (Å²) in [5, 5.41) is 12.2. The van der Waals surface area contributed by atoms with E-state index in [2.05, 4.69) is 10.2 Å². The molecule has 1 fully saturated rings. The molecule has 1 saturated carbocycles. The first-order valence-electron chi connectivity index (χ1n) is 7.54. The van der Waals surface area contributed by atoms with Crippen LogP contribution in [-0.4, -0.2) is 31.3 Å². The van der Waals surface area contributed by atoms with Crippen LogP contribution in [0.2, 0.25) is 0 Å². The maximum Gasteiger partial charge on any atom is 0.123 e. The van der Waals surface area contributed by atoms with Crippen molar-refractivity contribution >= 4 is 5.69 Å². The summed E-state index contributed by atoms with van der Waals surface area (Å²) in [5.41, 5.74) is 2.13. The summed E-state index contributed by atoms with van der Waals surface area (Å²) >= 11 is 0. The highest BCUT2D eigenvalue weighted by Gasteiger charge is 2.21. The van der Waals surface area contributed by atoms with Crippen molar-refractivity contribution in [3.05, 3.63) is 29.6 Å².